The molecule has 0 heterocycles. The number of anilines is 1. The highest BCUT2D eigenvalue weighted by Gasteiger charge is 2.20. The molecule has 0 unspecified atom stereocenters. The van der Waals surface area contributed by atoms with E-state index in [9.17, 15) is 14.4 Å². The maximum Gasteiger partial charge on any atom is 0.241 e. The molecule has 0 atom stereocenters. The molecule has 0 fully saturated rings. The van der Waals surface area contributed by atoms with Crippen LogP contribution in [0.4, 0.5) is 5.69 Å². The lowest BCUT2D eigenvalue weighted by Crippen LogP contribution is -2.46. The standard InChI is InChI=1S/C18H28N4O3/c1-4-21(12-17(24)20-14(2)3)13-18(25)22(11-10-16(19)23)15-8-6-5-7-9-15/h5-9,14H,4,10-13H2,1-3H3,(H2,19,23)(H,20,24). The van der Waals surface area contributed by atoms with Gasteiger partial charge in [-0.2, -0.15) is 0 Å². The third kappa shape index (κ3) is 7.80. The molecule has 25 heavy (non-hydrogen) atoms. The Kier molecular flexibility index (Phi) is 8.63. The molecule has 138 valence electrons. The van der Waals surface area contributed by atoms with Crippen LogP contribution in [0.2, 0.25) is 0 Å². The first-order valence-corrected chi connectivity index (χ1v) is 8.48. The van der Waals surface area contributed by atoms with Gasteiger partial charge in [0.2, 0.25) is 17.7 Å². The van der Waals surface area contributed by atoms with E-state index in [1.54, 1.807) is 17.0 Å². The number of carbonyl (C=O) groups is 3. The Balaban J connectivity index is 2.78. The van der Waals surface area contributed by atoms with Crippen LogP contribution in [0.1, 0.15) is 27.2 Å². The number of nitrogens with two attached hydrogens (primary N) is 1. The number of benzene rings is 1. The molecule has 1 rings (SSSR count). The van der Waals surface area contributed by atoms with Gasteiger partial charge in [0.15, 0.2) is 0 Å². The number of carbonyl (C=O) groups excluding carboxylic acids is 3. The van der Waals surface area contributed by atoms with E-state index in [4.69, 9.17) is 5.73 Å². The van der Waals surface area contributed by atoms with Gasteiger partial charge in [0.25, 0.3) is 0 Å². The maximum absolute atomic E-state index is 12.7. The van der Waals surface area contributed by atoms with Crippen molar-refractivity contribution in [2.75, 3.05) is 31.1 Å². The lowest BCUT2D eigenvalue weighted by molar-refractivity contribution is -0.124. The zero-order valence-corrected chi connectivity index (χ0v) is 15.2. The Morgan fingerprint density at radius 2 is 1.76 bits per heavy atom. The lowest BCUT2D eigenvalue weighted by atomic mass is 10.2. The van der Waals surface area contributed by atoms with E-state index >= 15 is 0 Å². The smallest absolute Gasteiger partial charge is 0.241 e. The van der Waals surface area contributed by atoms with Gasteiger partial charge in [0.1, 0.15) is 0 Å². The van der Waals surface area contributed by atoms with E-state index in [0.29, 0.717) is 12.2 Å². The predicted molar refractivity (Wildman–Crippen MR) is 98.0 cm³/mol. The Labute approximate surface area is 149 Å². The van der Waals surface area contributed by atoms with Crippen molar-refractivity contribution >= 4 is 23.4 Å². The number of amides is 3. The zero-order valence-electron chi connectivity index (χ0n) is 15.2. The first-order valence-electron chi connectivity index (χ1n) is 8.48. The normalized spacial score (nSPS) is 10.8. The molecule has 0 bridgehead atoms. The number of nitrogens with one attached hydrogen (secondary N) is 1. The van der Waals surface area contributed by atoms with Gasteiger partial charge < -0.3 is 16.0 Å². The molecule has 0 spiro atoms. The van der Waals surface area contributed by atoms with Crippen molar-refractivity contribution in [1.82, 2.24) is 10.2 Å². The van der Waals surface area contributed by atoms with Crippen molar-refractivity contribution in [3.63, 3.8) is 0 Å². The minimum atomic E-state index is -0.461. The quantitative estimate of drug-likeness (QED) is 0.652. The van der Waals surface area contributed by atoms with Gasteiger partial charge in [0.05, 0.1) is 13.1 Å². The molecule has 7 heteroatoms. The van der Waals surface area contributed by atoms with Crippen molar-refractivity contribution in [2.45, 2.75) is 33.2 Å². The first-order chi connectivity index (χ1) is 11.8. The van der Waals surface area contributed by atoms with Crippen LogP contribution in [0.15, 0.2) is 30.3 Å². The third-order valence-electron chi connectivity index (χ3n) is 3.57. The van der Waals surface area contributed by atoms with Gasteiger partial charge in [-0.05, 0) is 32.5 Å². The van der Waals surface area contributed by atoms with Crippen LogP contribution in [0, 0.1) is 0 Å². The molecule has 3 N–H and O–H groups in total. The lowest BCUT2D eigenvalue weighted by Gasteiger charge is -2.26. The predicted octanol–water partition coefficient (Wildman–Crippen LogP) is 0.742. The highest BCUT2D eigenvalue weighted by Crippen LogP contribution is 2.14. The van der Waals surface area contributed by atoms with Crippen molar-refractivity contribution in [3.8, 4) is 0 Å². The zero-order chi connectivity index (χ0) is 18.8. The minimum Gasteiger partial charge on any atom is -0.370 e. The molecule has 0 saturated heterocycles. The largest absolute Gasteiger partial charge is 0.370 e. The van der Waals surface area contributed by atoms with Crippen molar-refractivity contribution in [1.29, 1.82) is 0 Å². The van der Waals surface area contributed by atoms with E-state index in [0.717, 1.165) is 0 Å². The molecule has 1 aromatic rings. The highest BCUT2D eigenvalue weighted by molar-refractivity contribution is 5.95. The number of likely N-dealkylation sites (N-methyl/N-ethyl adjacent to an activating group) is 1. The molecule has 0 radical (unpaired) electrons. The fraction of sp³-hybridized carbons (Fsp3) is 0.500. The van der Waals surface area contributed by atoms with Gasteiger partial charge >= 0.3 is 0 Å². The van der Waals surface area contributed by atoms with E-state index in [1.807, 2.05) is 39.0 Å². The summed E-state index contributed by atoms with van der Waals surface area (Å²) < 4.78 is 0. The Morgan fingerprint density at radius 3 is 2.28 bits per heavy atom. The SMILES string of the molecule is CCN(CC(=O)NC(C)C)CC(=O)N(CCC(N)=O)c1ccccc1. The van der Waals surface area contributed by atoms with E-state index in [-0.39, 0.29) is 43.9 Å². The average molecular weight is 348 g/mol. The monoisotopic (exact) mass is 348 g/mol. The second-order valence-electron chi connectivity index (χ2n) is 6.12. The third-order valence-corrected chi connectivity index (χ3v) is 3.57. The van der Waals surface area contributed by atoms with Crippen LogP contribution in [0.25, 0.3) is 0 Å². The topological polar surface area (TPSA) is 95.7 Å². The van der Waals surface area contributed by atoms with Crippen molar-refractivity contribution in [3.05, 3.63) is 30.3 Å². The average Bonchev–Trinajstić information content (AvgIpc) is 2.54. The summed E-state index contributed by atoms with van der Waals surface area (Å²) in [6.07, 6.45) is 0.0839. The van der Waals surface area contributed by atoms with Crippen LogP contribution >= 0.6 is 0 Å². The van der Waals surface area contributed by atoms with Gasteiger partial charge in [-0.25, -0.2) is 0 Å². The van der Waals surface area contributed by atoms with Crippen LogP contribution in [0.3, 0.4) is 0 Å². The van der Waals surface area contributed by atoms with Crippen molar-refractivity contribution in [2.24, 2.45) is 5.73 Å². The molecular weight excluding hydrogens is 320 g/mol. The molecule has 0 aromatic heterocycles. The fourth-order valence-corrected chi connectivity index (χ4v) is 2.35. The number of rotatable bonds is 10. The van der Waals surface area contributed by atoms with E-state index in [2.05, 4.69) is 5.32 Å². The fourth-order valence-electron chi connectivity index (χ4n) is 2.35. The number of hydrogen-bond donors (Lipinski definition) is 2. The Morgan fingerprint density at radius 1 is 1.12 bits per heavy atom. The van der Waals surface area contributed by atoms with Crippen LogP contribution in [0.5, 0.6) is 0 Å². The van der Waals surface area contributed by atoms with Crippen LogP contribution < -0.4 is 16.0 Å². The van der Waals surface area contributed by atoms with Crippen molar-refractivity contribution < 1.29 is 14.4 Å². The summed E-state index contributed by atoms with van der Waals surface area (Å²) in [5.74, 6) is -0.753. The maximum atomic E-state index is 12.7. The Hall–Kier alpha value is -2.41. The number of nitrogens with zero attached hydrogens (tertiary/aromatic N) is 2. The summed E-state index contributed by atoms with van der Waals surface area (Å²) in [5.41, 5.74) is 5.92. The molecule has 0 aliphatic heterocycles. The van der Waals surface area contributed by atoms with Gasteiger partial charge in [-0.3, -0.25) is 19.3 Å². The number of primary amides is 1. The second kappa shape index (κ2) is 10.5. The summed E-state index contributed by atoms with van der Waals surface area (Å²) in [6, 6.07) is 9.18. The molecular formula is C18H28N4O3. The molecule has 1 aromatic carbocycles. The second-order valence-corrected chi connectivity index (χ2v) is 6.12. The first kappa shape index (κ1) is 20.6. The number of hydrogen-bond acceptors (Lipinski definition) is 4. The summed E-state index contributed by atoms with van der Waals surface area (Å²) in [4.78, 5) is 39.1. The van der Waals surface area contributed by atoms with E-state index in [1.165, 1.54) is 4.90 Å². The summed E-state index contributed by atoms with van der Waals surface area (Å²) in [5, 5.41) is 2.82. The molecule has 0 saturated carbocycles. The molecule has 3 amide bonds. The van der Waals surface area contributed by atoms with Gasteiger partial charge in [-0.1, -0.05) is 25.1 Å². The molecule has 7 nitrogen and oxygen atoms in total. The molecule has 0 aliphatic carbocycles. The number of para-hydroxylation sites is 1. The highest BCUT2D eigenvalue weighted by atomic mass is 16.2. The summed E-state index contributed by atoms with van der Waals surface area (Å²) in [6.45, 7) is 6.70. The molecule has 0 aliphatic rings. The summed E-state index contributed by atoms with van der Waals surface area (Å²) >= 11 is 0. The van der Waals surface area contributed by atoms with Gasteiger partial charge in [0, 0.05) is 24.7 Å². The van der Waals surface area contributed by atoms with E-state index < -0.39 is 5.91 Å². The minimum absolute atomic E-state index is 0.0540. The summed E-state index contributed by atoms with van der Waals surface area (Å²) in [7, 11) is 0. The Bertz CT molecular complexity index is 575. The van der Waals surface area contributed by atoms with Crippen LogP contribution in [-0.2, 0) is 14.4 Å². The van der Waals surface area contributed by atoms with Crippen LogP contribution in [-0.4, -0.2) is 54.8 Å². The van der Waals surface area contributed by atoms with Gasteiger partial charge in [-0.15, -0.1) is 0 Å².